The second-order valence-corrected chi connectivity index (χ2v) is 4.82. The van der Waals surface area contributed by atoms with Gasteiger partial charge in [0.25, 0.3) is 0 Å². The Balaban J connectivity index is 2.31. The van der Waals surface area contributed by atoms with Gasteiger partial charge >= 0.3 is 0 Å². The Kier molecular flexibility index (Phi) is 3.19. The number of nitrogen functional groups attached to an aromatic ring is 1. The van der Waals surface area contributed by atoms with Gasteiger partial charge < -0.3 is 5.73 Å². The zero-order valence-corrected chi connectivity index (χ0v) is 11.3. The Labute approximate surface area is 108 Å². The number of nitrogens with two attached hydrogens (primary N) is 1. The molecule has 0 aliphatic heterocycles. The quantitative estimate of drug-likeness (QED) is 0.926. The Morgan fingerprint density at radius 2 is 2.12 bits per heavy atom. The van der Waals surface area contributed by atoms with Crippen LogP contribution in [0.5, 0.6) is 0 Å². The molecular formula is C12H13BrFN3. The Morgan fingerprint density at radius 3 is 2.65 bits per heavy atom. The molecule has 5 heteroatoms. The van der Waals surface area contributed by atoms with Crippen molar-refractivity contribution in [3.8, 4) is 0 Å². The number of hydrogen-bond donors (Lipinski definition) is 1. The Hall–Kier alpha value is -1.36. The summed E-state index contributed by atoms with van der Waals surface area (Å²) in [6.07, 6.45) is 0. The van der Waals surface area contributed by atoms with E-state index in [2.05, 4.69) is 21.0 Å². The Bertz CT molecular complexity index is 563. The van der Waals surface area contributed by atoms with Crippen LogP contribution < -0.4 is 5.73 Å². The molecule has 17 heavy (non-hydrogen) atoms. The molecule has 0 amide bonds. The molecule has 0 radical (unpaired) electrons. The summed E-state index contributed by atoms with van der Waals surface area (Å²) in [5, 5.41) is 4.28. The van der Waals surface area contributed by atoms with Crippen molar-refractivity contribution in [3.05, 3.63) is 45.3 Å². The molecule has 1 heterocycles. The molecule has 0 aliphatic rings. The molecule has 2 N–H and O–H groups in total. The predicted octanol–water partition coefficient (Wildman–Crippen LogP) is 3.03. The molecule has 0 spiro atoms. The van der Waals surface area contributed by atoms with E-state index in [9.17, 15) is 4.39 Å². The van der Waals surface area contributed by atoms with E-state index in [0.29, 0.717) is 17.9 Å². The highest BCUT2D eigenvalue weighted by molar-refractivity contribution is 9.10. The van der Waals surface area contributed by atoms with Crippen LogP contribution in [0.3, 0.4) is 0 Å². The van der Waals surface area contributed by atoms with E-state index in [4.69, 9.17) is 5.73 Å². The van der Waals surface area contributed by atoms with Crippen LogP contribution in [0.25, 0.3) is 0 Å². The van der Waals surface area contributed by atoms with Gasteiger partial charge in [-0.3, -0.25) is 0 Å². The maximum atomic E-state index is 13.4. The van der Waals surface area contributed by atoms with Crippen molar-refractivity contribution >= 4 is 21.7 Å². The minimum absolute atomic E-state index is 0.205. The van der Waals surface area contributed by atoms with E-state index in [1.165, 1.54) is 6.07 Å². The third-order valence-electron chi connectivity index (χ3n) is 2.66. The summed E-state index contributed by atoms with van der Waals surface area (Å²) in [5.74, 6) is 0.354. The van der Waals surface area contributed by atoms with E-state index >= 15 is 0 Å². The Morgan fingerprint density at radius 1 is 1.41 bits per heavy atom. The first kappa shape index (κ1) is 12.1. The molecule has 2 rings (SSSR count). The molecule has 3 nitrogen and oxygen atoms in total. The third-order valence-corrected chi connectivity index (χ3v) is 3.64. The lowest BCUT2D eigenvalue weighted by Gasteiger charge is -2.05. The summed E-state index contributed by atoms with van der Waals surface area (Å²) in [6.45, 7) is 4.07. The highest BCUT2D eigenvalue weighted by atomic mass is 79.9. The minimum Gasteiger partial charge on any atom is -0.383 e. The molecule has 0 atom stereocenters. The molecule has 1 aromatic carbocycles. The average molecular weight is 298 g/mol. The number of aryl methyl sites for hydroxylation is 2. The molecule has 0 aliphatic carbocycles. The van der Waals surface area contributed by atoms with Crippen molar-refractivity contribution in [1.82, 2.24) is 9.78 Å². The van der Waals surface area contributed by atoms with Gasteiger partial charge in [0.1, 0.15) is 11.6 Å². The van der Waals surface area contributed by atoms with Crippen molar-refractivity contribution in [3.63, 3.8) is 0 Å². The summed E-state index contributed by atoms with van der Waals surface area (Å²) < 4.78 is 15.8. The lowest BCUT2D eigenvalue weighted by molar-refractivity contribution is 0.611. The van der Waals surface area contributed by atoms with Gasteiger partial charge in [-0.05, 0) is 47.0 Å². The molecule has 2 aromatic rings. The second kappa shape index (κ2) is 4.49. The SMILES string of the molecule is Cc1ccc(Cn2nc(C)c(Br)c2N)cc1F. The topological polar surface area (TPSA) is 43.8 Å². The van der Waals surface area contributed by atoms with Gasteiger partial charge in [0.2, 0.25) is 0 Å². The van der Waals surface area contributed by atoms with Gasteiger partial charge in [-0.25, -0.2) is 9.07 Å². The molecule has 1 aromatic heterocycles. The molecule has 0 bridgehead atoms. The normalized spacial score (nSPS) is 10.8. The fourth-order valence-electron chi connectivity index (χ4n) is 1.61. The lowest BCUT2D eigenvalue weighted by Crippen LogP contribution is -2.06. The summed E-state index contributed by atoms with van der Waals surface area (Å²) in [4.78, 5) is 0. The van der Waals surface area contributed by atoms with E-state index < -0.39 is 0 Å². The zero-order chi connectivity index (χ0) is 12.6. The van der Waals surface area contributed by atoms with Crippen molar-refractivity contribution in [2.45, 2.75) is 20.4 Å². The van der Waals surface area contributed by atoms with Crippen LogP contribution in [0.4, 0.5) is 10.2 Å². The number of rotatable bonds is 2. The lowest BCUT2D eigenvalue weighted by atomic mass is 10.1. The van der Waals surface area contributed by atoms with Crippen LogP contribution in [0.15, 0.2) is 22.7 Å². The van der Waals surface area contributed by atoms with E-state index in [1.54, 1.807) is 17.7 Å². The summed E-state index contributed by atoms with van der Waals surface area (Å²) in [5.41, 5.74) is 8.19. The highest BCUT2D eigenvalue weighted by Gasteiger charge is 2.10. The first-order chi connectivity index (χ1) is 7.99. The smallest absolute Gasteiger partial charge is 0.136 e. The van der Waals surface area contributed by atoms with Crippen LogP contribution in [0, 0.1) is 19.7 Å². The fourth-order valence-corrected chi connectivity index (χ4v) is 1.89. The zero-order valence-electron chi connectivity index (χ0n) is 9.67. The fraction of sp³-hybridized carbons (Fsp3) is 0.250. The number of aromatic nitrogens is 2. The maximum absolute atomic E-state index is 13.4. The van der Waals surface area contributed by atoms with Gasteiger partial charge in [0, 0.05) is 0 Å². The van der Waals surface area contributed by atoms with Crippen LogP contribution in [0.2, 0.25) is 0 Å². The largest absolute Gasteiger partial charge is 0.383 e. The van der Waals surface area contributed by atoms with Crippen molar-refractivity contribution in [1.29, 1.82) is 0 Å². The van der Waals surface area contributed by atoms with Gasteiger partial charge in [0.05, 0.1) is 16.7 Å². The summed E-state index contributed by atoms with van der Waals surface area (Å²) in [7, 11) is 0. The van der Waals surface area contributed by atoms with Crippen LogP contribution in [-0.2, 0) is 6.54 Å². The van der Waals surface area contributed by atoms with Crippen molar-refractivity contribution in [2.75, 3.05) is 5.73 Å². The minimum atomic E-state index is -0.205. The van der Waals surface area contributed by atoms with Crippen LogP contribution >= 0.6 is 15.9 Å². The van der Waals surface area contributed by atoms with Gasteiger partial charge in [-0.15, -0.1) is 0 Å². The summed E-state index contributed by atoms with van der Waals surface area (Å²) >= 11 is 3.36. The summed E-state index contributed by atoms with van der Waals surface area (Å²) in [6, 6.07) is 5.15. The molecular weight excluding hydrogens is 285 g/mol. The van der Waals surface area contributed by atoms with E-state index in [-0.39, 0.29) is 5.82 Å². The monoisotopic (exact) mass is 297 g/mol. The number of hydrogen-bond acceptors (Lipinski definition) is 2. The third kappa shape index (κ3) is 2.34. The number of halogens is 2. The second-order valence-electron chi connectivity index (χ2n) is 4.03. The number of anilines is 1. The maximum Gasteiger partial charge on any atom is 0.136 e. The van der Waals surface area contributed by atoms with Crippen molar-refractivity contribution in [2.24, 2.45) is 0 Å². The van der Waals surface area contributed by atoms with Crippen LogP contribution in [-0.4, -0.2) is 9.78 Å². The van der Waals surface area contributed by atoms with Crippen LogP contribution in [0.1, 0.15) is 16.8 Å². The molecule has 90 valence electrons. The number of nitrogens with zero attached hydrogens (tertiary/aromatic N) is 2. The van der Waals surface area contributed by atoms with Gasteiger partial charge in [0.15, 0.2) is 0 Å². The van der Waals surface area contributed by atoms with E-state index in [1.807, 2.05) is 13.0 Å². The number of benzene rings is 1. The van der Waals surface area contributed by atoms with Gasteiger partial charge in [-0.1, -0.05) is 12.1 Å². The first-order valence-electron chi connectivity index (χ1n) is 5.22. The molecule has 0 saturated heterocycles. The van der Waals surface area contributed by atoms with Crippen molar-refractivity contribution < 1.29 is 4.39 Å². The highest BCUT2D eigenvalue weighted by Crippen LogP contribution is 2.23. The standard InChI is InChI=1S/C12H13BrFN3/c1-7-3-4-9(5-10(7)14)6-17-12(15)11(13)8(2)16-17/h3-5H,6,15H2,1-2H3. The molecule has 0 unspecified atom stereocenters. The molecule has 0 fully saturated rings. The van der Waals surface area contributed by atoms with Gasteiger partial charge in [-0.2, -0.15) is 5.10 Å². The first-order valence-corrected chi connectivity index (χ1v) is 6.01. The average Bonchev–Trinajstić information content (AvgIpc) is 2.52. The molecule has 0 saturated carbocycles. The van der Waals surface area contributed by atoms with E-state index in [0.717, 1.165) is 15.7 Å². The predicted molar refractivity (Wildman–Crippen MR) is 69.3 cm³/mol.